The predicted octanol–water partition coefficient (Wildman–Crippen LogP) is 4.14. The number of nitrogens with two attached hydrogens (primary N) is 2. The maximum Gasteiger partial charge on any atom is 0.354 e. The van der Waals surface area contributed by atoms with Crippen molar-refractivity contribution in [3.63, 3.8) is 0 Å². The Morgan fingerprint density at radius 3 is 2.63 bits per heavy atom. The Labute approximate surface area is 241 Å². The van der Waals surface area contributed by atoms with Gasteiger partial charge in [0.2, 0.25) is 0 Å². The minimum absolute atomic E-state index is 0.0321. The lowest BCUT2D eigenvalue weighted by Crippen LogP contribution is -2.37. The molecule has 0 saturated heterocycles. The van der Waals surface area contributed by atoms with E-state index in [1.165, 1.54) is 4.57 Å². The number of nitrogens with zero attached hydrogens (tertiary/aromatic N) is 2. The first kappa shape index (κ1) is 30.2. The summed E-state index contributed by atoms with van der Waals surface area (Å²) in [5.74, 6) is -0.690. The SMILES string of the molecule is C[C@H](N)CCCc1cc(Cl)c(F)c(-c2cc3cn(-c4ccc(CN[C@@H](CF)CCNC(=N)N)cc4)c(=O)nc3[nH]2)c1. The Kier molecular flexibility index (Phi) is 10.1. The number of halogens is 3. The molecule has 0 aliphatic rings. The number of aromatic nitrogens is 3. The molecule has 218 valence electrons. The first-order valence-electron chi connectivity index (χ1n) is 13.5. The van der Waals surface area contributed by atoms with Crippen LogP contribution in [0.25, 0.3) is 28.0 Å². The van der Waals surface area contributed by atoms with E-state index in [0.717, 1.165) is 30.4 Å². The average molecular weight is 585 g/mol. The summed E-state index contributed by atoms with van der Waals surface area (Å²) in [7, 11) is 0. The summed E-state index contributed by atoms with van der Waals surface area (Å²) < 4.78 is 29.8. The Morgan fingerprint density at radius 2 is 1.95 bits per heavy atom. The molecule has 41 heavy (non-hydrogen) atoms. The average Bonchev–Trinajstić information content (AvgIpc) is 3.34. The number of aromatic amines is 1. The first-order chi connectivity index (χ1) is 19.6. The zero-order valence-electron chi connectivity index (χ0n) is 22.8. The van der Waals surface area contributed by atoms with Gasteiger partial charge in [0.25, 0.3) is 0 Å². The number of benzene rings is 2. The number of aryl methyl sites for hydroxylation is 1. The van der Waals surface area contributed by atoms with E-state index in [0.29, 0.717) is 47.5 Å². The zero-order chi connectivity index (χ0) is 29.5. The van der Waals surface area contributed by atoms with E-state index in [-0.39, 0.29) is 23.1 Å². The second-order valence-corrected chi connectivity index (χ2v) is 10.6. The standard InChI is InChI=1S/C29H35ClF2N8O/c1-17(33)3-2-4-19-11-23(26(32)24(30)12-19)25-13-20-16-40(29(41)39-27(20)38-25)22-7-5-18(6-8-22)15-37-21(14-31)9-10-36-28(34)35/h5-8,11-13,16-17,21,37H,2-4,9-10,14-15,33H2,1H3,(H4,34,35,36)(H,38,39,41)/t17-,21+/m0/s1. The van der Waals surface area contributed by atoms with Crippen molar-refractivity contribution in [1.29, 1.82) is 5.41 Å². The van der Waals surface area contributed by atoms with Gasteiger partial charge < -0.3 is 27.1 Å². The minimum atomic E-state index is -0.550. The number of rotatable bonds is 13. The molecule has 0 spiro atoms. The summed E-state index contributed by atoms with van der Waals surface area (Å²) in [5, 5.41) is 13.7. The van der Waals surface area contributed by atoms with Crippen molar-refractivity contribution in [1.82, 2.24) is 25.2 Å². The van der Waals surface area contributed by atoms with Gasteiger partial charge in [-0.15, -0.1) is 0 Å². The third kappa shape index (κ3) is 7.90. The van der Waals surface area contributed by atoms with Crippen LogP contribution in [0.5, 0.6) is 0 Å². The highest BCUT2D eigenvalue weighted by Crippen LogP contribution is 2.31. The summed E-state index contributed by atoms with van der Waals surface area (Å²) >= 11 is 6.21. The molecule has 2 aromatic carbocycles. The fraction of sp³-hybridized carbons (Fsp3) is 0.345. The number of fused-ring (bicyclic) bond motifs is 1. The van der Waals surface area contributed by atoms with Crippen LogP contribution in [0.3, 0.4) is 0 Å². The van der Waals surface area contributed by atoms with E-state index >= 15 is 4.39 Å². The molecule has 0 amide bonds. The molecule has 2 atom stereocenters. The summed E-state index contributed by atoms with van der Waals surface area (Å²) in [6.07, 6.45) is 4.56. The smallest absolute Gasteiger partial charge is 0.354 e. The number of hydrogen-bond donors (Lipinski definition) is 6. The van der Waals surface area contributed by atoms with Crippen LogP contribution in [-0.4, -0.2) is 45.8 Å². The van der Waals surface area contributed by atoms with Gasteiger partial charge in [-0.2, -0.15) is 4.98 Å². The number of guanidine groups is 1. The van der Waals surface area contributed by atoms with E-state index in [4.69, 9.17) is 28.5 Å². The highest BCUT2D eigenvalue weighted by atomic mass is 35.5. The summed E-state index contributed by atoms with van der Waals surface area (Å²) in [5.41, 5.74) is 14.2. The molecule has 2 aromatic heterocycles. The van der Waals surface area contributed by atoms with Gasteiger partial charge in [-0.3, -0.25) is 9.98 Å². The van der Waals surface area contributed by atoms with E-state index in [9.17, 15) is 9.18 Å². The summed E-state index contributed by atoms with van der Waals surface area (Å²) in [4.78, 5) is 20.1. The van der Waals surface area contributed by atoms with Crippen LogP contribution in [0.2, 0.25) is 5.02 Å². The second-order valence-electron chi connectivity index (χ2n) is 10.2. The van der Waals surface area contributed by atoms with Crippen LogP contribution in [0.15, 0.2) is 53.5 Å². The molecule has 0 fully saturated rings. The van der Waals surface area contributed by atoms with Crippen molar-refractivity contribution in [2.45, 2.75) is 51.2 Å². The maximum atomic E-state index is 15.0. The van der Waals surface area contributed by atoms with Gasteiger partial charge >= 0.3 is 5.69 Å². The Hall–Kier alpha value is -3.80. The molecule has 0 aliphatic heterocycles. The van der Waals surface area contributed by atoms with Crippen molar-refractivity contribution in [3.8, 4) is 16.9 Å². The number of hydrogen-bond acceptors (Lipinski definition) is 5. The van der Waals surface area contributed by atoms with E-state index < -0.39 is 18.2 Å². The normalized spacial score (nSPS) is 12.9. The molecule has 0 aliphatic carbocycles. The van der Waals surface area contributed by atoms with Gasteiger partial charge in [0, 0.05) is 42.3 Å². The van der Waals surface area contributed by atoms with Crippen molar-refractivity contribution in [2.75, 3.05) is 13.2 Å². The molecular formula is C29H35ClF2N8O. The predicted molar refractivity (Wildman–Crippen MR) is 160 cm³/mol. The Balaban J connectivity index is 1.51. The van der Waals surface area contributed by atoms with Crippen molar-refractivity contribution < 1.29 is 8.78 Å². The largest absolute Gasteiger partial charge is 0.370 e. The lowest BCUT2D eigenvalue weighted by Gasteiger charge is -2.16. The number of H-pyrrole nitrogens is 1. The van der Waals surface area contributed by atoms with Crippen LogP contribution < -0.4 is 27.8 Å². The van der Waals surface area contributed by atoms with Gasteiger partial charge in [-0.25, -0.2) is 13.6 Å². The second kappa shape index (κ2) is 13.7. The molecule has 4 aromatic rings. The highest BCUT2D eigenvalue weighted by Gasteiger charge is 2.16. The molecule has 9 nitrogen and oxygen atoms in total. The topological polar surface area (TPSA) is 151 Å². The zero-order valence-corrected chi connectivity index (χ0v) is 23.6. The Morgan fingerprint density at radius 1 is 1.20 bits per heavy atom. The third-order valence-electron chi connectivity index (χ3n) is 6.82. The highest BCUT2D eigenvalue weighted by molar-refractivity contribution is 6.31. The molecule has 8 N–H and O–H groups in total. The lowest BCUT2D eigenvalue weighted by atomic mass is 10.0. The van der Waals surface area contributed by atoms with Crippen molar-refractivity contribution >= 4 is 28.6 Å². The fourth-order valence-electron chi connectivity index (χ4n) is 4.59. The van der Waals surface area contributed by atoms with Crippen molar-refractivity contribution in [2.24, 2.45) is 11.5 Å². The van der Waals surface area contributed by atoms with Crippen LogP contribution in [0.1, 0.15) is 37.3 Å². The van der Waals surface area contributed by atoms with E-state index in [1.54, 1.807) is 36.5 Å². The Bertz CT molecular complexity index is 1550. The number of nitrogens with one attached hydrogen (secondary N) is 4. The van der Waals surface area contributed by atoms with Gasteiger partial charge in [0.05, 0.1) is 16.4 Å². The van der Waals surface area contributed by atoms with Gasteiger partial charge in [0.15, 0.2) is 11.8 Å². The van der Waals surface area contributed by atoms with Gasteiger partial charge in [0.1, 0.15) is 12.3 Å². The van der Waals surface area contributed by atoms with Crippen molar-refractivity contribution in [3.05, 3.63) is 81.1 Å². The van der Waals surface area contributed by atoms with Gasteiger partial charge in [-0.1, -0.05) is 23.7 Å². The fourth-order valence-corrected chi connectivity index (χ4v) is 4.83. The van der Waals surface area contributed by atoms with E-state index in [1.807, 2.05) is 19.1 Å². The monoisotopic (exact) mass is 584 g/mol. The molecule has 2 heterocycles. The van der Waals surface area contributed by atoms with Crippen LogP contribution in [0, 0.1) is 11.2 Å². The first-order valence-corrected chi connectivity index (χ1v) is 13.8. The number of alkyl halides is 1. The molecular weight excluding hydrogens is 550 g/mol. The third-order valence-corrected chi connectivity index (χ3v) is 7.09. The van der Waals surface area contributed by atoms with Crippen LogP contribution in [-0.2, 0) is 13.0 Å². The quantitative estimate of drug-likeness (QED) is 0.103. The summed E-state index contributed by atoms with van der Waals surface area (Å²) in [6.45, 7) is 2.23. The lowest BCUT2D eigenvalue weighted by molar-refractivity contribution is 0.357. The van der Waals surface area contributed by atoms with Crippen LogP contribution in [0.4, 0.5) is 8.78 Å². The molecule has 0 saturated carbocycles. The molecule has 0 radical (unpaired) electrons. The molecule has 0 unspecified atom stereocenters. The van der Waals surface area contributed by atoms with Crippen LogP contribution >= 0.6 is 11.6 Å². The minimum Gasteiger partial charge on any atom is -0.370 e. The summed E-state index contributed by atoms with van der Waals surface area (Å²) in [6, 6.07) is 12.1. The molecule has 12 heteroatoms. The molecule has 0 bridgehead atoms. The molecule has 4 rings (SSSR count). The van der Waals surface area contributed by atoms with Gasteiger partial charge in [-0.05, 0) is 74.1 Å². The maximum absolute atomic E-state index is 15.0. The van der Waals surface area contributed by atoms with E-state index in [2.05, 4.69) is 20.6 Å².